The molecule has 0 saturated heterocycles. The van der Waals surface area contributed by atoms with Crippen LogP contribution in [-0.2, 0) is 20.7 Å². The maximum absolute atomic E-state index is 11.5. The number of carbonyl (C=O) groups excluding carboxylic acids is 3. The monoisotopic (exact) mass is 278 g/mol. The van der Waals surface area contributed by atoms with Crippen LogP contribution < -0.4 is 4.74 Å². The van der Waals surface area contributed by atoms with Crippen LogP contribution in [0.15, 0.2) is 18.2 Å². The van der Waals surface area contributed by atoms with Gasteiger partial charge < -0.3 is 9.47 Å². The molecule has 0 radical (unpaired) electrons. The lowest BCUT2D eigenvalue weighted by Gasteiger charge is -2.14. The lowest BCUT2D eigenvalue weighted by molar-refractivity contribution is -0.130. The maximum atomic E-state index is 11.5. The van der Waals surface area contributed by atoms with Crippen molar-refractivity contribution in [3.05, 3.63) is 29.3 Å². The molecule has 0 atom stereocenters. The smallest absolute Gasteiger partial charge is 0.337 e. The zero-order valence-electron chi connectivity index (χ0n) is 12.1. The standard InChI is InChI=1S/C15H18O5/c1-9(16)13(10(2)17)8-12-7-11(15(18)20-4)5-6-14(12)19-3/h5-7,13H,8H2,1-4H3. The first-order valence-electron chi connectivity index (χ1n) is 6.16. The fraction of sp³-hybridized carbons (Fsp3) is 0.400. The number of ketones is 2. The van der Waals surface area contributed by atoms with E-state index >= 15 is 0 Å². The predicted molar refractivity (Wildman–Crippen MR) is 72.9 cm³/mol. The summed E-state index contributed by atoms with van der Waals surface area (Å²) in [5.74, 6) is -1.08. The third-order valence-electron chi connectivity index (χ3n) is 3.11. The van der Waals surface area contributed by atoms with Crippen molar-refractivity contribution in [1.29, 1.82) is 0 Å². The average Bonchev–Trinajstić information content (AvgIpc) is 2.42. The van der Waals surface area contributed by atoms with Crippen molar-refractivity contribution in [2.75, 3.05) is 14.2 Å². The molecule has 1 aromatic rings. The molecule has 0 spiro atoms. The molecule has 0 aliphatic carbocycles. The fourth-order valence-corrected chi connectivity index (χ4v) is 1.98. The SMILES string of the molecule is COC(=O)c1ccc(OC)c(CC(C(C)=O)C(C)=O)c1. The zero-order chi connectivity index (χ0) is 15.3. The number of rotatable bonds is 6. The maximum Gasteiger partial charge on any atom is 0.337 e. The van der Waals surface area contributed by atoms with Gasteiger partial charge in [0.2, 0.25) is 0 Å². The van der Waals surface area contributed by atoms with Crippen LogP contribution in [0.2, 0.25) is 0 Å². The van der Waals surface area contributed by atoms with Crippen molar-refractivity contribution < 1.29 is 23.9 Å². The zero-order valence-corrected chi connectivity index (χ0v) is 12.1. The molecule has 0 bridgehead atoms. The van der Waals surface area contributed by atoms with Crippen LogP contribution in [0, 0.1) is 5.92 Å². The second-order valence-electron chi connectivity index (χ2n) is 4.50. The Bertz CT molecular complexity index is 519. The minimum absolute atomic E-state index is 0.206. The minimum atomic E-state index is -0.725. The number of ether oxygens (including phenoxy) is 2. The van der Waals surface area contributed by atoms with Crippen molar-refractivity contribution in [2.45, 2.75) is 20.3 Å². The van der Waals surface area contributed by atoms with Gasteiger partial charge in [-0.25, -0.2) is 4.79 Å². The number of esters is 1. The van der Waals surface area contributed by atoms with Crippen molar-refractivity contribution in [3.8, 4) is 5.75 Å². The van der Waals surface area contributed by atoms with Gasteiger partial charge in [0.25, 0.3) is 0 Å². The summed E-state index contributed by atoms with van der Waals surface area (Å²) in [5, 5.41) is 0. The van der Waals surface area contributed by atoms with Crippen molar-refractivity contribution in [1.82, 2.24) is 0 Å². The van der Waals surface area contributed by atoms with E-state index in [1.165, 1.54) is 28.1 Å². The average molecular weight is 278 g/mol. The Labute approximate surface area is 117 Å². The first-order chi connectivity index (χ1) is 9.40. The Morgan fingerprint density at radius 2 is 1.70 bits per heavy atom. The quantitative estimate of drug-likeness (QED) is 0.586. The van der Waals surface area contributed by atoms with Gasteiger partial charge in [-0.3, -0.25) is 9.59 Å². The number of benzene rings is 1. The van der Waals surface area contributed by atoms with Gasteiger partial charge in [0.1, 0.15) is 17.3 Å². The highest BCUT2D eigenvalue weighted by molar-refractivity contribution is 6.00. The molecule has 1 aromatic carbocycles. The van der Waals surface area contributed by atoms with Gasteiger partial charge in [-0.15, -0.1) is 0 Å². The lowest BCUT2D eigenvalue weighted by Crippen LogP contribution is -2.22. The highest BCUT2D eigenvalue weighted by Crippen LogP contribution is 2.24. The van der Waals surface area contributed by atoms with Gasteiger partial charge >= 0.3 is 5.97 Å². The molecule has 0 fully saturated rings. The Morgan fingerprint density at radius 1 is 1.10 bits per heavy atom. The van der Waals surface area contributed by atoms with E-state index in [9.17, 15) is 14.4 Å². The van der Waals surface area contributed by atoms with Gasteiger partial charge in [-0.05, 0) is 44.0 Å². The topological polar surface area (TPSA) is 69.7 Å². The summed E-state index contributed by atoms with van der Waals surface area (Å²) in [6, 6.07) is 4.78. The molecule has 108 valence electrons. The molecule has 5 heteroatoms. The summed E-state index contributed by atoms with van der Waals surface area (Å²) in [7, 11) is 2.79. The summed E-state index contributed by atoms with van der Waals surface area (Å²) >= 11 is 0. The molecule has 0 aliphatic heterocycles. The van der Waals surface area contributed by atoms with Crippen LogP contribution in [0.1, 0.15) is 29.8 Å². The van der Waals surface area contributed by atoms with E-state index in [-0.39, 0.29) is 18.0 Å². The third kappa shape index (κ3) is 3.66. The van der Waals surface area contributed by atoms with Gasteiger partial charge in [0.15, 0.2) is 0 Å². The molecule has 0 unspecified atom stereocenters. The van der Waals surface area contributed by atoms with E-state index in [1.807, 2.05) is 0 Å². The molecule has 0 amide bonds. The van der Waals surface area contributed by atoms with Crippen LogP contribution >= 0.6 is 0 Å². The Kier molecular flexibility index (Phi) is 5.43. The number of Topliss-reactive ketones (excluding diaryl/α,β-unsaturated/α-hetero) is 2. The lowest BCUT2D eigenvalue weighted by atomic mass is 9.91. The van der Waals surface area contributed by atoms with E-state index in [2.05, 4.69) is 4.74 Å². The highest BCUT2D eigenvalue weighted by Gasteiger charge is 2.22. The Hall–Kier alpha value is -2.17. The highest BCUT2D eigenvalue weighted by atomic mass is 16.5. The second kappa shape index (κ2) is 6.84. The summed E-state index contributed by atoms with van der Waals surface area (Å²) in [5.41, 5.74) is 0.986. The van der Waals surface area contributed by atoms with Crippen LogP contribution in [0.5, 0.6) is 5.75 Å². The van der Waals surface area contributed by atoms with Crippen LogP contribution in [-0.4, -0.2) is 31.8 Å². The molecule has 0 saturated carbocycles. The normalized spacial score (nSPS) is 10.2. The number of carbonyl (C=O) groups is 3. The molecule has 0 aromatic heterocycles. The summed E-state index contributed by atoms with van der Waals surface area (Å²) in [4.78, 5) is 34.5. The Balaban J connectivity index is 3.16. The largest absolute Gasteiger partial charge is 0.496 e. The van der Waals surface area contributed by atoms with Gasteiger partial charge in [-0.1, -0.05) is 0 Å². The van der Waals surface area contributed by atoms with Crippen molar-refractivity contribution in [2.24, 2.45) is 5.92 Å². The molecule has 5 nitrogen and oxygen atoms in total. The second-order valence-corrected chi connectivity index (χ2v) is 4.50. The summed E-state index contributed by atoms with van der Waals surface area (Å²) in [6.45, 7) is 2.76. The first kappa shape index (κ1) is 15.9. The molecule has 0 N–H and O–H groups in total. The van der Waals surface area contributed by atoms with E-state index < -0.39 is 11.9 Å². The molecular weight excluding hydrogens is 260 g/mol. The Morgan fingerprint density at radius 3 is 2.15 bits per heavy atom. The number of hydrogen-bond acceptors (Lipinski definition) is 5. The van der Waals surface area contributed by atoms with Crippen molar-refractivity contribution in [3.63, 3.8) is 0 Å². The van der Waals surface area contributed by atoms with Crippen LogP contribution in [0.4, 0.5) is 0 Å². The number of hydrogen-bond donors (Lipinski definition) is 0. The van der Waals surface area contributed by atoms with Gasteiger partial charge in [-0.2, -0.15) is 0 Å². The summed E-state index contributed by atoms with van der Waals surface area (Å²) in [6.07, 6.45) is 0.207. The van der Waals surface area contributed by atoms with Gasteiger partial charge in [0, 0.05) is 0 Å². The molecular formula is C15H18O5. The number of methoxy groups -OCH3 is 2. The first-order valence-corrected chi connectivity index (χ1v) is 6.16. The van der Waals surface area contributed by atoms with Crippen LogP contribution in [0.25, 0.3) is 0 Å². The van der Waals surface area contributed by atoms with Crippen LogP contribution in [0.3, 0.4) is 0 Å². The van der Waals surface area contributed by atoms with Gasteiger partial charge in [0.05, 0.1) is 25.7 Å². The van der Waals surface area contributed by atoms with E-state index in [0.29, 0.717) is 16.9 Å². The molecule has 0 aliphatic rings. The molecule has 0 heterocycles. The third-order valence-corrected chi connectivity index (χ3v) is 3.11. The van der Waals surface area contributed by atoms with Crippen molar-refractivity contribution >= 4 is 17.5 Å². The summed E-state index contributed by atoms with van der Waals surface area (Å²) < 4.78 is 9.85. The predicted octanol–water partition coefficient (Wildman–Crippen LogP) is 1.82. The molecule has 1 rings (SSSR count). The molecule has 20 heavy (non-hydrogen) atoms. The van der Waals surface area contributed by atoms with E-state index in [4.69, 9.17) is 4.74 Å². The van der Waals surface area contributed by atoms with E-state index in [1.54, 1.807) is 18.2 Å². The van der Waals surface area contributed by atoms with E-state index in [0.717, 1.165) is 0 Å². The minimum Gasteiger partial charge on any atom is -0.496 e. The fourth-order valence-electron chi connectivity index (χ4n) is 1.98.